The smallest absolute Gasteiger partial charge is 0.326 e. The van der Waals surface area contributed by atoms with Gasteiger partial charge in [0.25, 0.3) is 0 Å². The zero-order chi connectivity index (χ0) is 25.7. The number of anilines is 2. The number of hydrogen-bond donors (Lipinski definition) is 4. The van der Waals surface area contributed by atoms with Crippen LogP contribution in [0.15, 0.2) is 54.6 Å². The van der Waals surface area contributed by atoms with Crippen molar-refractivity contribution in [1.29, 1.82) is 0 Å². The van der Waals surface area contributed by atoms with Crippen LogP contribution in [0.25, 0.3) is 0 Å². The first-order valence-electron chi connectivity index (χ1n) is 11.7. The lowest BCUT2D eigenvalue weighted by atomic mass is 9.97. The van der Waals surface area contributed by atoms with Crippen LogP contribution in [-0.2, 0) is 20.8 Å². The topological polar surface area (TPSA) is 128 Å². The second-order valence-corrected chi connectivity index (χ2v) is 9.33. The Morgan fingerprint density at radius 3 is 2.20 bits per heavy atom. The van der Waals surface area contributed by atoms with E-state index in [9.17, 15) is 24.3 Å². The van der Waals surface area contributed by atoms with E-state index in [0.717, 1.165) is 5.56 Å². The van der Waals surface area contributed by atoms with Gasteiger partial charge in [-0.25, -0.2) is 9.59 Å². The number of benzene rings is 2. The Labute approximate surface area is 204 Å². The molecule has 4 N–H and O–H groups in total. The van der Waals surface area contributed by atoms with Crippen molar-refractivity contribution in [3.8, 4) is 0 Å². The van der Waals surface area contributed by atoms with Crippen molar-refractivity contribution in [2.24, 2.45) is 11.8 Å². The molecule has 1 aliphatic heterocycles. The fourth-order valence-corrected chi connectivity index (χ4v) is 4.15. The lowest BCUT2D eigenvalue weighted by molar-refractivity contribution is -0.142. The highest BCUT2D eigenvalue weighted by atomic mass is 16.4. The van der Waals surface area contributed by atoms with E-state index in [4.69, 9.17) is 0 Å². The number of fused-ring (bicyclic) bond motifs is 1. The first-order valence-corrected chi connectivity index (χ1v) is 11.7. The van der Waals surface area contributed by atoms with Gasteiger partial charge in [-0.1, -0.05) is 70.2 Å². The second-order valence-electron chi connectivity index (χ2n) is 9.33. The minimum absolute atomic E-state index is 0.107. The lowest BCUT2D eigenvalue weighted by Crippen LogP contribution is -2.61. The number of nitrogens with zero attached hydrogens (tertiary/aromatic N) is 1. The van der Waals surface area contributed by atoms with E-state index >= 15 is 0 Å². The number of rotatable bonds is 8. The fourth-order valence-electron chi connectivity index (χ4n) is 4.15. The van der Waals surface area contributed by atoms with Gasteiger partial charge in [0, 0.05) is 6.42 Å². The molecule has 3 atom stereocenters. The Kier molecular flexibility index (Phi) is 8.11. The molecule has 186 valence electrons. The molecule has 0 unspecified atom stereocenters. The number of carboxylic acid groups (broad SMARTS) is 1. The van der Waals surface area contributed by atoms with Crippen LogP contribution in [0.3, 0.4) is 0 Å². The first-order chi connectivity index (χ1) is 16.6. The summed E-state index contributed by atoms with van der Waals surface area (Å²) >= 11 is 0. The Morgan fingerprint density at radius 1 is 0.971 bits per heavy atom. The van der Waals surface area contributed by atoms with Crippen LogP contribution >= 0.6 is 0 Å². The summed E-state index contributed by atoms with van der Waals surface area (Å²) in [5.74, 6) is -2.61. The third-order valence-corrected chi connectivity index (χ3v) is 5.94. The second kappa shape index (κ2) is 11.0. The molecule has 0 saturated carbocycles. The van der Waals surface area contributed by atoms with E-state index < -0.39 is 36.0 Å². The molecular formula is C26H32N4O5. The summed E-state index contributed by atoms with van der Waals surface area (Å²) in [6.45, 7) is 7.20. The number of nitrogens with one attached hydrogen (secondary N) is 3. The van der Waals surface area contributed by atoms with E-state index in [1.807, 2.05) is 19.9 Å². The number of carboxylic acids is 1. The van der Waals surface area contributed by atoms with Gasteiger partial charge in [0.2, 0.25) is 11.8 Å². The van der Waals surface area contributed by atoms with Crippen molar-refractivity contribution in [2.75, 3.05) is 10.2 Å². The van der Waals surface area contributed by atoms with Crippen LogP contribution in [-0.4, -0.2) is 47.0 Å². The fraction of sp³-hybridized carbons (Fsp3) is 0.385. The Morgan fingerprint density at radius 2 is 1.60 bits per heavy atom. The van der Waals surface area contributed by atoms with Gasteiger partial charge in [0.1, 0.15) is 18.1 Å². The van der Waals surface area contributed by atoms with Gasteiger partial charge in [-0.3, -0.25) is 14.5 Å². The van der Waals surface area contributed by atoms with Crippen molar-refractivity contribution in [1.82, 2.24) is 10.6 Å². The molecule has 1 heterocycles. The van der Waals surface area contributed by atoms with Gasteiger partial charge in [-0.2, -0.15) is 0 Å². The van der Waals surface area contributed by atoms with Crippen LogP contribution in [0, 0.1) is 11.8 Å². The average Bonchev–Trinajstić information content (AvgIpc) is 2.81. The van der Waals surface area contributed by atoms with Gasteiger partial charge in [0.05, 0.1) is 11.4 Å². The van der Waals surface area contributed by atoms with Gasteiger partial charge in [-0.15, -0.1) is 0 Å². The third-order valence-electron chi connectivity index (χ3n) is 5.94. The molecule has 0 bridgehead atoms. The van der Waals surface area contributed by atoms with Crippen molar-refractivity contribution in [3.63, 3.8) is 0 Å². The van der Waals surface area contributed by atoms with Crippen LogP contribution in [0.5, 0.6) is 0 Å². The molecule has 3 rings (SSSR count). The molecule has 0 fully saturated rings. The van der Waals surface area contributed by atoms with Crippen molar-refractivity contribution >= 4 is 35.2 Å². The van der Waals surface area contributed by atoms with Crippen molar-refractivity contribution in [3.05, 3.63) is 60.2 Å². The Hall–Kier alpha value is -3.88. The standard InChI is InChI=1S/C26H32N4O5/c1-15(2)21(23(31)28-19(25(33)34)14-17-10-6-5-7-11-17)29-26(35)30-20-13-9-8-12-18(20)27-24(32)22(30)16(3)4/h5-13,15-16,19,21-22H,14H2,1-4H3,(H,27,32)(H,28,31)(H,29,35)(H,33,34)/t19-,21+,22+/m0/s1. The summed E-state index contributed by atoms with van der Waals surface area (Å²) in [4.78, 5) is 52.6. The highest BCUT2D eigenvalue weighted by Gasteiger charge is 2.40. The normalized spacial score (nSPS) is 16.8. The van der Waals surface area contributed by atoms with E-state index in [1.165, 1.54) is 4.90 Å². The molecule has 0 aliphatic carbocycles. The number of aliphatic carboxylic acids is 1. The molecule has 0 saturated heterocycles. The molecule has 2 aromatic rings. The van der Waals surface area contributed by atoms with E-state index in [0.29, 0.717) is 11.4 Å². The van der Waals surface area contributed by atoms with Crippen LogP contribution < -0.4 is 20.9 Å². The van der Waals surface area contributed by atoms with E-state index in [2.05, 4.69) is 16.0 Å². The average molecular weight is 481 g/mol. The number of amides is 4. The van der Waals surface area contributed by atoms with E-state index in [-0.39, 0.29) is 24.2 Å². The Bertz CT molecular complexity index is 1090. The first kappa shape index (κ1) is 25.7. The summed E-state index contributed by atoms with van der Waals surface area (Å²) in [5.41, 5.74) is 1.80. The zero-order valence-electron chi connectivity index (χ0n) is 20.3. The van der Waals surface area contributed by atoms with Gasteiger partial charge in [0.15, 0.2) is 0 Å². The highest BCUT2D eigenvalue weighted by molar-refractivity contribution is 6.12. The molecular weight excluding hydrogens is 448 g/mol. The van der Waals surface area contributed by atoms with Crippen LogP contribution in [0.4, 0.5) is 16.2 Å². The van der Waals surface area contributed by atoms with Crippen molar-refractivity contribution < 1.29 is 24.3 Å². The zero-order valence-corrected chi connectivity index (χ0v) is 20.3. The van der Waals surface area contributed by atoms with Crippen molar-refractivity contribution in [2.45, 2.75) is 52.2 Å². The predicted octanol–water partition coefficient (Wildman–Crippen LogP) is 3.02. The monoisotopic (exact) mass is 480 g/mol. The molecule has 1 aliphatic rings. The summed E-state index contributed by atoms with van der Waals surface area (Å²) < 4.78 is 0. The number of para-hydroxylation sites is 2. The molecule has 2 aromatic carbocycles. The summed E-state index contributed by atoms with van der Waals surface area (Å²) in [7, 11) is 0. The van der Waals surface area contributed by atoms with Gasteiger partial charge < -0.3 is 21.1 Å². The minimum Gasteiger partial charge on any atom is -0.480 e. The molecule has 9 nitrogen and oxygen atoms in total. The summed E-state index contributed by atoms with van der Waals surface area (Å²) in [6, 6.07) is 12.4. The maximum Gasteiger partial charge on any atom is 0.326 e. The minimum atomic E-state index is -1.17. The molecule has 0 aromatic heterocycles. The molecule has 0 spiro atoms. The number of carbonyl (C=O) groups excluding carboxylic acids is 3. The third kappa shape index (κ3) is 5.98. The molecule has 0 radical (unpaired) electrons. The summed E-state index contributed by atoms with van der Waals surface area (Å²) in [5, 5.41) is 17.8. The highest BCUT2D eigenvalue weighted by Crippen LogP contribution is 2.34. The quantitative estimate of drug-likeness (QED) is 0.462. The molecule has 9 heteroatoms. The van der Waals surface area contributed by atoms with E-state index in [1.54, 1.807) is 62.4 Å². The largest absolute Gasteiger partial charge is 0.480 e. The molecule has 35 heavy (non-hydrogen) atoms. The van der Waals surface area contributed by atoms with Crippen LogP contribution in [0.2, 0.25) is 0 Å². The molecule has 4 amide bonds. The maximum atomic E-state index is 13.5. The van der Waals surface area contributed by atoms with Crippen LogP contribution in [0.1, 0.15) is 33.3 Å². The SMILES string of the molecule is CC(C)[C@@H](NC(=O)N1c2ccccc2NC(=O)[C@H]1C(C)C)C(=O)N[C@@H](Cc1ccccc1)C(=O)O. The van der Waals surface area contributed by atoms with Gasteiger partial charge >= 0.3 is 12.0 Å². The number of carbonyl (C=O) groups is 4. The number of hydrogen-bond acceptors (Lipinski definition) is 4. The van der Waals surface area contributed by atoms with Gasteiger partial charge in [-0.05, 0) is 29.5 Å². The lowest BCUT2D eigenvalue weighted by Gasteiger charge is -2.39. The predicted molar refractivity (Wildman–Crippen MR) is 133 cm³/mol. The maximum absolute atomic E-state index is 13.5. The summed E-state index contributed by atoms with van der Waals surface area (Å²) in [6.07, 6.45) is 0.107. The Balaban J connectivity index is 1.82. The number of urea groups is 1.